The first-order valence-electron chi connectivity index (χ1n) is 6.03. The van der Waals surface area contributed by atoms with E-state index in [0.29, 0.717) is 6.42 Å². The number of halogens is 1. The monoisotopic (exact) mass is 269 g/mol. The van der Waals surface area contributed by atoms with Gasteiger partial charge in [0, 0.05) is 17.0 Å². The summed E-state index contributed by atoms with van der Waals surface area (Å²) in [4.78, 5) is 0. The lowest BCUT2D eigenvalue weighted by atomic mass is 10.0. The van der Waals surface area contributed by atoms with Crippen LogP contribution in [0.25, 0.3) is 11.3 Å². The van der Waals surface area contributed by atoms with Crippen LogP contribution in [0.4, 0.5) is 0 Å². The van der Waals surface area contributed by atoms with Crippen molar-refractivity contribution in [3.05, 3.63) is 70.9 Å². The van der Waals surface area contributed by atoms with Crippen molar-refractivity contribution >= 4 is 11.6 Å². The Kier molecular flexibility index (Phi) is 3.29. The molecule has 3 rings (SSSR count). The topological polar surface area (TPSA) is 41.6 Å². The lowest BCUT2D eigenvalue weighted by molar-refractivity contribution is 0.916. The highest BCUT2D eigenvalue weighted by Crippen LogP contribution is 2.22. The molecule has 0 radical (unpaired) electrons. The van der Waals surface area contributed by atoms with Crippen LogP contribution in [0.5, 0.6) is 0 Å². The van der Waals surface area contributed by atoms with Gasteiger partial charge in [0.25, 0.3) is 0 Å². The Hall–Kier alpha value is -2.13. The molecule has 0 atom stereocenters. The van der Waals surface area contributed by atoms with Gasteiger partial charge in [-0.25, -0.2) is 0 Å². The van der Waals surface area contributed by atoms with Crippen molar-refractivity contribution in [2.75, 3.05) is 0 Å². The summed E-state index contributed by atoms with van der Waals surface area (Å²) in [6.45, 7) is 0. The molecular formula is C15H12ClN3. The van der Waals surface area contributed by atoms with Crippen LogP contribution in [0, 0.1) is 0 Å². The van der Waals surface area contributed by atoms with Crippen LogP contribution in [0.1, 0.15) is 11.3 Å². The van der Waals surface area contributed by atoms with Gasteiger partial charge in [0.1, 0.15) is 0 Å². The zero-order valence-corrected chi connectivity index (χ0v) is 10.9. The molecule has 0 aliphatic rings. The van der Waals surface area contributed by atoms with Crippen molar-refractivity contribution < 1.29 is 0 Å². The fraction of sp³-hybridized carbons (Fsp3) is 0.0667. The second-order valence-electron chi connectivity index (χ2n) is 4.31. The van der Waals surface area contributed by atoms with Crippen molar-refractivity contribution in [2.45, 2.75) is 6.42 Å². The zero-order chi connectivity index (χ0) is 13.1. The smallest absolute Gasteiger partial charge is 0.0947 e. The van der Waals surface area contributed by atoms with E-state index in [2.05, 4.69) is 15.4 Å². The number of aromatic amines is 1. The third-order valence-corrected chi connectivity index (χ3v) is 3.18. The summed E-state index contributed by atoms with van der Waals surface area (Å²) in [6, 6.07) is 17.9. The van der Waals surface area contributed by atoms with Gasteiger partial charge >= 0.3 is 0 Å². The van der Waals surface area contributed by atoms with E-state index in [-0.39, 0.29) is 0 Å². The van der Waals surface area contributed by atoms with Crippen molar-refractivity contribution in [3.8, 4) is 11.3 Å². The van der Waals surface area contributed by atoms with Crippen molar-refractivity contribution in [3.63, 3.8) is 0 Å². The highest BCUT2D eigenvalue weighted by atomic mass is 35.5. The van der Waals surface area contributed by atoms with Crippen LogP contribution in [0.3, 0.4) is 0 Å². The van der Waals surface area contributed by atoms with E-state index in [1.807, 2.05) is 54.6 Å². The number of H-pyrrole nitrogens is 1. The van der Waals surface area contributed by atoms with E-state index in [1.165, 1.54) is 0 Å². The molecule has 1 aromatic heterocycles. The maximum atomic E-state index is 6.00. The van der Waals surface area contributed by atoms with E-state index < -0.39 is 0 Å². The lowest BCUT2D eigenvalue weighted by Crippen LogP contribution is -1.92. The van der Waals surface area contributed by atoms with Gasteiger partial charge in [-0.05, 0) is 17.7 Å². The molecule has 0 fully saturated rings. The average molecular weight is 270 g/mol. The zero-order valence-electron chi connectivity index (χ0n) is 10.2. The molecule has 19 heavy (non-hydrogen) atoms. The van der Waals surface area contributed by atoms with Gasteiger partial charge in [0.2, 0.25) is 0 Å². The average Bonchev–Trinajstić information content (AvgIpc) is 2.88. The largest absolute Gasteiger partial charge is 0.257 e. The number of rotatable bonds is 3. The standard InChI is InChI=1S/C15H12ClN3/c16-13-8-4-5-11(9-13)10-14-15(18-19-17-14)12-6-2-1-3-7-12/h1-9H,10H2,(H,17,18,19). The molecule has 0 bridgehead atoms. The number of hydrogen-bond acceptors (Lipinski definition) is 2. The maximum absolute atomic E-state index is 6.00. The Morgan fingerprint density at radius 1 is 1.00 bits per heavy atom. The van der Waals surface area contributed by atoms with Crippen LogP contribution < -0.4 is 0 Å². The van der Waals surface area contributed by atoms with E-state index in [4.69, 9.17) is 11.6 Å². The van der Waals surface area contributed by atoms with E-state index in [0.717, 1.165) is 27.5 Å². The molecule has 0 saturated carbocycles. The molecule has 94 valence electrons. The number of hydrogen-bond donors (Lipinski definition) is 1. The predicted molar refractivity (Wildman–Crippen MR) is 76.1 cm³/mol. The van der Waals surface area contributed by atoms with Crippen molar-refractivity contribution in [2.24, 2.45) is 0 Å². The minimum absolute atomic E-state index is 0.710. The molecule has 0 aliphatic heterocycles. The summed E-state index contributed by atoms with van der Waals surface area (Å²) in [7, 11) is 0. The Morgan fingerprint density at radius 2 is 1.84 bits per heavy atom. The van der Waals surface area contributed by atoms with Crippen LogP contribution in [0.2, 0.25) is 5.02 Å². The second kappa shape index (κ2) is 5.24. The minimum atomic E-state index is 0.710. The molecule has 0 amide bonds. The highest BCUT2D eigenvalue weighted by Gasteiger charge is 2.10. The minimum Gasteiger partial charge on any atom is -0.257 e. The first kappa shape index (κ1) is 11.9. The Balaban J connectivity index is 1.93. The second-order valence-corrected chi connectivity index (χ2v) is 4.74. The number of benzene rings is 2. The molecule has 3 nitrogen and oxygen atoms in total. The molecule has 3 aromatic rings. The van der Waals surface area contributed by atoms with Gasteiger partial charge in [-0.15, -0.1) is 5.10 Å². The van der Waals surface area contributed by atoms with Crippen LogP contribution >= 0.6 is 11.6 Å². The van der Waals surface area contributed by atoms with Crippen molar-refractivity contribution in [1.82, 2.24) is 15.4 Å². The Bertz CT molecular complexity index is 677. The van der Waals surface area contributed by atoms with Crippen LogP contribution in [0.15, 0.2) is 54.6 Å². The molecule has 0 unspecified atom stereocenters. The highest BCUT2D eigenvalue weighted by molar-refractivity contribution is 6.30. The third kappa shape index (κ3) is 2.66. The first-order chi connectivity index (χ1) is 9.33. The van der Waals surface area contributed by atoms with Crippen LogP contribution in [-0.4, -0.2) is 15.4 Å². The van der Waals surface area contributed by atoms with E-state index in [9.17, 15) is 0 Å². The maximum Gasteiger partial charge on any atom is 0.0947 e. The van der Waals surface area contributed by atoms with Gasteiger partial charge < -0.3 is 0 Å². The van der Waals surface area contributed by atoms with E-state index >= 15 is 0 Å². The molecule has 4 heteroatoms. The van der Waals surface area contributed by atoms with Gasteiger partial charge in [-0.3, -0.25) is 5.10 Å². The summed E-state index contributed by atoms with van der Waals surface area (Å²) in [5, 5.41) is 11.8. The van der Waals surface area contributed by atoms with Gasteiger partial charge in [-0.2, -0.15) is 0 Å². The number of nitrogens with one attached hydrogen (secondary N) is 1. The first-order valence-corrected chi connectivity index (χ1v) is 6.40. The van der Waals surface area contributed by atoms with E-state index in [1.54, 1.807) is 0 Å². The fourth-order valence-electron chi connectivity index (χ4n) is 2.05. The summed E-state index contributed by atoms with van der Waals surface area (Å²) in [6.07, 6.45) is 0.710. The molecule has 1 N–H and O–H groups in total. The fourth-order valence-corrected chi connectivity index (χ4v) is 2.26. The van der Waals surface area contributed by atoms with Crippen molar-refractivity contribution in [1.29, 1.82) is 0 Å². The molecule has 2 aromatic carbocycles. The molecule has 1 heterocycles. The number of aromatic nitrogens is 3. The summed E-state index contributed by atoms with van der Waals surface area (Å²) in [5.74, 6) is 0. The molecule has 0 aliphatic carbocycles. The predicted octanol–water partition coefficient (Wildman–Crippen LogP) is 3.72. The number of nitrogens with zero attached hydrogens (tertiary/aromatic N) is 2. The Morgan fingerprint density at radius 3 is 2.63 bits per heavy atom. The summed E-state index contributed by atoms with van der Waals surface area (Å²) in [5.41, 5.74) is 4.09. The summed E-state index contributed by atoms with van der Waals surface area (Å²) < 4.78 is 0. The van der Waals surface area contributed by atoms with Gasteiger partial charge in [0.15, 0.2) is 0 Å². The lowest BCUT2D eigenvalue weighted by Gasteiger charge is -2.02. The molecule has 0 saturated heterocycles. The quantitative estimate of drug-likeness (QED) is 0.787. The Labute approximate surface area is 116 Å². The normalized spacial score (nSPS) is 10.6. The summed E-state index contributed by atoms with van der Waals surface area (Å²) >= 11 is 6.00. The molecule has 0 spiro atoms. The third-order valence-electron chi connectivity index (χ3n) is 2.94. The van der Waals surface area contributed by atoms with Gasteiger partial charge in [0.05, 0.1) is 11.4 Å². The van der Waals surface area contributed by atoms with Crippen LogP contribution in [-0.2, 0) is 6.42 Å². The molecular weight excluding hydrogens is 258 g/mol. The SMILES string of the molecule is Clc1cccc(Cc2nn[nH]c2-c2ccccc2)c1. The van der Waals surface area contributed by atoms with Gasteiger partial charge in [-0.1, -0.05) is 59.3 Å².